The van der Waals surface area contributed by atoms with E-state index in [-0.39, 0.29) is 75.1 Å². The molecular weight excluding hydrogens is 735 g/mol. The van der Waals surface area contributed by atoms with Gasteiger partial charge >= 0.3 is 0 Å². The number of thiophene rings is 2. The molecule has 0 saturated carbocycles. The van der Waals surface area contributed by atoms with Gasteiger partial charge in [-0.15, -0.1) is 22.7 Å². The number of benzene rings is 8. The van der Waals surface area contributed by atoms with Crippen molar-refractivity contribution in [1.82, 2.24) is 15.0 Å². The number of hydrogen-bond donors (Lipinski definition) is 0. The topological polar surface area (TPSA) is 51.8 Å². The lowest BCUT2D eigenvalue weighted by atomic mass is 10.0. The van der Waals surface area contributed by atoms with Crippen molar-refractivity contribution in [3.8, 4) is 56.4 Å². The van der Waals surface area contributed by atoms with Crippen molar-refractivity contribution in [1.29, 1.82) is 0 Å². The van der Waals surface area contributed by atoms with Gasteiger partial charge in [0.2, 0.25) is 0 Å². The van der Waals surface area contributed by atoms with E-state index in [1.54, 1.807) is 22.7 Å². The van der Waals surface area contributed by atoms with Crippen molar-refractivity contribution in [3.05, 3.63) is 176 Å². The predicted octanol–water partition coefficient (Wildman–Crippen LogP) is 14.8. The van der Waals surface area contributed by atoms with E-state index in [4.69, 9.17) is 22.1 Å². The minimum atomic E-state index is -0.328. The van der Waals surface area contributed by atoms with Gasteiger partial charge in [-0.1, -0.05) is 115 Å². The van der Waals surface area contributed by atoms with Gasteiger partial charge in [0.15, 0.2) is 17.5 Å². The van der Waals surface area contributed by atoms with Crippen LogP contribution in [0.25, 0.3) is 119 Å². The van der Waals surface area contributed by atoms with E-state index in [1.165, 1.54) is 0 Å². The highest BCUT2D eigenvalue weighted by molar-refractivity contribution is 7.26. The molecule has 0 bridgehead atoms. The van der Waals surface area contributed by atoms with Crippen LogP contribution < -0.4 is 0 Å². The Morgan fingerprint density at radius 3 is 1.74 bits per heavy atom. The van der Waals surface area contributed by atoms with Gasteiger partial charge in [0.1, 0.15) is 11.2 Å². The van der Waals surface area contributed by atoms with Crippen LogP contribution in [0.2, 0.25) is 0 Å². The maximum absolute atomic E-state index is 9.59. The molecular formula is C51H29N3OS2. The van der Waals surface area contributed by atoms with E-state index in [1.807, 2.05) is 109 Å². The Morgan fingerprint density at radius 1 is 0.351 bits per heavy atom. The summed E-state index contributed by atoms with van der Waals surface area (Å²) in [5, 5.41) is 4.53. The minimum Gasteiger partial charge on any atom is -0.456 e. The molecule has 8 aromatic carbocycles. The standard InChI is InChI=1S/C51H29N3OS2/c1-2-8-30(9-3-1)31-14-16-32(17-15-31)49-52-50(35-21-25-47-42(27-35)39-11-5-7-13-46(39)56-47)54-51(53-49)36-19-22-37-41-26-33(20-24-43(41)55-44(37)28-36)34-18-23-40-38-10-4-6-12-45(38)57-48(40)29-34/h1-29H/i19D,20D,22D,24D,26D,28D. The molecule has 57 heavy (non-hydrogen) atoms. The second-order valence-electron chi connectivity index (χ2n) is 13.9. The van der Waals surface area contributed by atoms with Crippen LogP contribution in [0, 0.1) is 0 Å². The zero-order chi connectivity index (χ0) is 42.7. The van der Waals surface area contributed by atoms with Crippen molar-refractivity contribution in [2.24, 2.45) is 0 Å². The van der Waals surface area contributed by atoms with Gasteiger partial charge in [-0.05, 0) is 82.8 Å². The van der Waals surface area contributed by atoms with Crippen molar-refractivity contribution in [2.75, 3.05) is 0 Å². The van der Waals surface area contributed by atoms with E-state index in [0.717, 1.165) is 51.5 Å². The van der Waals surface area contributed by atoms with Crippen LogP contribution in [0.15, 0.2) is 180 Å². The monoisotopic (exact) mass is 769 g/mol. The van der Waals surface area contributed by atoms with Crippen LogP contribution in [-0.4, -0.2) is 15.0 Å². The van der Waals surface area contributed by atoms with E-state index >= 15 is 0 Å². The highest BCUT2D eigenvalue weighted by Gasteiger charge is 2.17. The van der Waals surface area contributed by atoms with E-state index in [2.05, 4.69) is 30.3 Å². The molecule has 0 fully saturated rings. The highest BCUT2D eigenvalue weighted by Crippen LogP contribution is 2.40. The Bertz CT molecular complexity index is 3880. The second kappa shape index (κ2) is 12.8. The molecule has 4 nitrogen and oxygen atoms in total. The molecule has 12 aromatic rings. The van der Waals surface area contributed by atoms with Gasteiger partial charge in [-0.3, -0.25) is 0 Å². The Balaban J connectivity index is 1.06. The lowest BCUT2D eigenvalue weighted by Crippen LogP contribution is -2.00. The first-order valence-corrected chi connectivity index (χ1v) is 20.1. The van der Waals surface area contributed by atoms with E-state index < -0.39 is 0 Å². The molecule has 0 amide bonds. The third kappa shape index (κ3) is 5.45. The fourth-order valence-corrected chi connectivity index (χ4v) is 9.81. The van der Waals surface area contributed by atoms with E-state index in [0.29, 0.717) is 28.3 Å². The summed E-state index contributed by atoms with van der Waals surface area (Å²) in [6.07, 6.45) is 0. The maximum Gasteiger partial charge on any atom is 0.164 e. The summed E-state index contributed by atoms with van der Waals surface area (Å²) >= 11 is 3.32. The molecule has 266 valence electrons. The average Bonchev–Trinajstić information content (AvgIpc) is 4.02. The average molecular weight is 770 g/mol. The normalized spacial score (nSPS) is 13.3. The first-order chi connectivity index (χ1) is 30.7. The van der Waals surface area contributed by atoms with E-state index in [9.17, 15) is 5.48 Å². The zero-order valence-electron chi connectivity index (χ0n) is 35.8. The number of rotatable bonds is 5. The first-order valence-electron chi connectivity index (χ1n) is 21.4. The molecule has 0 saturated heterocycles. The molecule has 0 aliphatic rings. The van der Waals surface area contributed by atoms with Gasteiger partial charge in [0.25, 0.3) is 0 Å². The Hall–Kier alpha value is -6.99. The SMILES string of the molecule is [2H]c1c(-c2ccc3c(c2)sc2ccccc23)c([2H])c2c(oc3c([2H])c(-c4nc(-c5ccc(-c6ccccc6)cc5)nc(-c5ccc6sc7ccccc7c6c5)n4)c([2H])c([2H])c32)c1[2H]. The fourth-order valence-electron chi connectivity index (χ4n) is 7.58. The number of furan rings is 1. The molecule has 0 unspecified atom stereocenters. The molecule has 6 heteroatoms. The summed E-state index contributed by atoms with van der Waals surface area (Å²) in [7, 11) is 0. The Labute approximate surface area is 343 Å². The van der Waals surface area contributed by atoms with Crippen LogP contribution in [0.4, 0.5) is 0 Å². The number of nitrogens with zero attached hydrogens (tertiary/aromatic N) is 3. The summed E-state index contributed by atoms with van der Waals surface area (Å²) in [4.78, 5) is 14.8. The highest BCUT2D eigenvalue weighted by atomic mass is 32.1. The third-order valence-corrected chi connectivity index (χ3v) is 12.7. The van der Waals surface area contributed by atoms with Crippen molar-refractivity contribution < 1.29 is 12.6 Å². The lowest BCUT2D eigenvalue weighted by Gasteiger charge is -2.09. The van der Waals surface area contributed by atoms with Crippen molar-refractivity contribution in [3.63, 3.8) is 0 Å². The van der Waals surface area contributed by atoms with Crippen molar-refractivity contribution in [2.45, 2.75) is 0 Å². The number of aromatic nitrogens is 3. The van der Waals surface area contributed by atoms with Gasteiger partial charge in [0, 0.05) is 67.8 Å². The van der Waals surface area contributed by atoms with Crippen LogP contribution in [0.5, 0.6) is 0 Å². The Morgan fingerprint density at radius 2 is 0.930 bits per heavy atom. The van der Waals surface area contributed by atoms with Crippen LogP contribution in [-0.2, 0) is 0 Å². The summed E-state index contributed by atoms with van der Waals surface area (Å²) in [5.74, 6) is 0.662. The molecule has 0 N–H and O–H groups in total. The molecule has 4 heterocycles. The lowest BCUT2D eigenvalue weighted by molar-refractivity contribution is 0.669. The van der Waals surface area contributed by atoms with Crippen molar-refractivity contribution >= 4 is 85.0 Å². The second-order valence-corrected chi connectivity index (χ2v) is 16.0. The third-order valence-electron chi connectivity index (χ3n) is 10.4. The van der Waals surface area contributed by atoms with Gasteiger partial charge in [-0.25, -0.2) is 15.0 Å². The van der Waals surface area contributed by atoms with Crippen LogP contribution >= 0.6 is 22.7 Å². The van der Waals surface area contributed by atoms with Gasteiger partial charge < -0.3 is 4.42 Å². The number of hydrogen-bond acceptors (Lipinski definition) is 6. The maximum atomic E-state index is 9.59. The fraction of sp³-hybridized carbons (Fsp3) is 0. The molecule has 0 spiro atoms. The summed E-state index contributed by atoms with van der Waals surface area (Å²) in [6.45, 7) is 0. The molecule has 12 rings (SSSR count). The summed E-state index contributed by atoms with van der Waals surface area (Å²) in [5.41, 5.74) is 4.08. The summed E-state index contributed by atoms with van der Waals surface area (Å²) in [6, 6.07) is 44.6. The molecule has 0 radical (unpaired) electrons. The number of fused-ring (bicyclic) bond motifs is 9. The quantitative estimate of drug-likeness (QED) is 0.175. The molecule has 0 aliphatic carbocycles. The Kier molecular flexibility index (Phi) is 6.00. The smallest absolute Gasteiger partial charge is 0.164 e. The molecule has 4 aromatic heterocycles. The van der Waals surface area contributed by atoms with Gasteiger partial charge in [-0.2, -0.15) is 0 Å². The van der Waals surface area contributed by atoms with Gasteiger partial charge in [0.05, 0.1) is 8.22 Å². The summed E-state index contributed by atoms with van der Waals surface area (Å²) < 4.78 is 66.8. The molecule has 0 aliphatic heterocycles. The minimum absolute atomic E-state index is 0.0129. The predicted molar refractivity (Wildman–Crippen MR) is 240 cm³/mol. The molecule has 0 atom stereocenters. The first kappa shape index (κ1) is 26.8. The van der Waals surface area contributed by atoms with Crippen LogP contribution in [0.1, 0.15) is 8.22 Å². The largest absolute Gasteiger partial charge is 0.456 e. The zero-order valence-corrected chi connectivity index (χ0v) is 31.5. The van der Waals surface area contributed by atoms with Crippen LogP contribution in [0.3, 0.4) is 0 Å².